The topological polar surface area (TPSA) is 90.0 Å². The molecule has 1 aromatic heterocycles. The summed E-state index contributed by atoms with van der Waals surface area (Å²) in [7, 11) is 0. The van der Waals surface area contributed by atoms with Gasteiger partial charge in [-0.15, -0.1) is 11.3 Å². The minimum absolute atomic E-state index is 0.0613. The Hall–Kier alpha value is -2.91. The second-order valence-corrected chi connectivity index (χ2v) is 8.50. The van der Waals surface area contributed by atoms with E-state index in [0.717, 1.165) is 5.56 Å². The number of amides is 2. The quantitative estimate of drug-likeness (QED) is 0.772. The maximum absolute atomic E-state index is 13.3. The van der Waals surface area contributed by atoms with Gasteiger partial charge in [0.2, 0.25) is 18.6 Å². The molecule has 2 bridgehead atoms. The van der Waals surface area contributed by atoms with Crippen LogP contribution in [0.5, 0.6) is 11.5 Å². The number of likely N-dealkylation sites (tertiary alicyclic amines) is 1. The smallest absolute Gasteiger partial charge is 0.233 e. The van der Waals surface area contributed by atoms with Gasteiger partial charge in [0.25, 0.3) is 0 Å². The van der Waals surface area contributed by atoms with E-state index in [1.54, 1.807) is 16.5 Å². The second-order valence-electron chi connectivity index (χ2n) is 7.61. The Morgan fingerprint density at radius 1 is 1.34 bits per heavy atom. The van der Waals surface area contributed by atoms with Crippen LogP contribution in [0.4, 0.5) is 5.13 Å². The molecule has 5 heterocycles. The Balaban J connectivity index is 1.25. The zero-order valence-corrected chi connectivity index (χ0v) is 16.1. The molecule has 4 aliphatic rings. The van der Waals surface area contributed by atoms with Crippen LogP contribution in [0.3, 0.4) is 0 Å². The summed E-state index contributed by atoms with van der Waals surface area (Å²) in [5.74, 6) is 0.0314. The molecule has 0 aliphatic carbocycles. The first-order valence-electron chi connectivity index (χ1n) is 9.38. The lowest BCUT2D eigenvalue weighted by molar-refractivity contribution is -0.136. The summed E-state index contributed by atoms with van der Waals surface area (Å²) in [6.45, 7) is 1.07. The molecule has 4 atom stereocenters. The van der Waals surface area contributed by atoms with Gasteiger partial charge in [-0.2, -0.15) is 0 Å². The standard InChI is InChI=1S/C20H17N3O5S/c24-17(22-19-21-5-6-29-19)15-13-3-4-20(28-13)9-23(18(25)16(15)20)8-11-1-2-12-14(7-11)27-10-26-12/h1-7,13,15-16H,8-10H2,(H,21,22,24)/t13-,15+,16-,20+/m1/s1. The van der Waals surface area contributed by atoms with Crippen LogP contribution in [0.2, 0.25) is 0 Å². The van der Waals surface area contributed by atoms with Gasteiger partial charge in [-0.3, -0.25) is 9.59 Å². The highest BCUT2D eigenvalue weighted by atomic mass is 32.1. The lowest BCUT2D eigenvalue weighted by atomic mass is 9.77. The SMILES string of the molecule is O=C(Nc1nccs1)[C@H]1[C@H]2C=C[C@@]3(CN(Cc4ccc5c(c4)OCO5)C(=O)[C@@H]13)O2. The largest absolute Gasteiger partial charge is 0.454 e. The van der Waals surface area contributed by atoms with Crippen LogP contribution in [-0.2, 0) is 20.9 Å². The molecule has 2 fully saturated rings. The predicted molar refractivity (Wildman–Crippen MR) is 102 cm³/mol. The number of ether oxygens (including phenoxy) is 3. The van der Waals surface area contributed by atoms with E-state index in [2.05, 4.69) is 10.3 Å². The van der Waals surface area contributed by atoms with Crippen molar-refractivity contribution in [2.75, 3.05) is 18.7 Å². The molecular formula is C20H17N3O5S. The van der Waals surface area contributed by atoms with Gasteiger partial charge in [-0.1, -0.05) is 18.2 Å². The van der Waals surface area contributed by atoms with Crippen molar-refractivity contribution in [2.24, 2.45) is 11.8 Å². The van der Waals surface area contributed by atoms with Gasteiger partial charge in [0.1, 0.15) is 5.60 Å². The number of hydrogen-bond acceptors (Lipinski definition) is 7. The van der Waals surface area contributed by atoms with E-state index in [1.807, 2.05) is 30.4 Å². The van der Waals surface area contributed by atoms with Gasteiger partial charge in [-0.25, -0.2) is 4.98 Å². The fraction of sp³-hybridized carbons (Fsp3) is 0.350. The maximum atomic E-state index is 13.3. The number of benzene rings is 1. The molecule has 1 spiro atoms. The highest BCUT2D eigenvalue weighted by Crippen LogP contribution is 2.52. The molecule has 8 nitrogen and oxygen atoms in total. The Morgan fingerprint density at radius 3 is 3.10 bits per heavy atom. The van der Waals surface area contributed by atoms with Gasteiger partial charge >= 0.3 is 0 Å². The molecule has 0 unspecified atom stereocenters. The summed E-state index contributed by atoms with van der Waals surface area (Å²) in [4.78, 5) is 32.1. The molecule has 0 radical (unpaired) electrons. The summed E-state index contributed by atoms with van der Waals surface area (Å²) in [6.07, 6.45) is 5.11. The Bertz CT molecular complexity index is 1040. The highest BCUT2D eigenvalue weighted by Gasteiger charge is 2.66. The maximum Gasteiger partial charge on any atom is 0.233 e. The number of rotatable bonds is 4. The van der Waals surface area contributed by atoms with Crippen LogP contribution in [0.1, 0.15) is 5.56 Å². The summed E-state index contributed by atoms with van der Waals surface area (Å²) in [6, 6.07) is 5.67. The van der Waals surface area contributed by atoms with Gasteiger partial charge < -0.3 is 24.4 Å². The highest BCUT2D eigenvalue weighted by molar-refractivity contribution is 7.13. The average Bonchev–Trinajstić information content (AvgIpc) is 3.50. The number of nitrogens with zero attached hydrogens (tertiary/aromatic N) is 2. The fourth-order valence-electron chi connectivity index (χ4n) is 4.75. The van der Waals surface area contributed by atoms with Crippen LogP contribution in [-0.4, -0.2) is 46.7 Å². The number of carbonyl (C=O) groups excluding carboxylic acids is 2. The lowest BCUT2D eigenvalue weighted by Gasteiger charge is -2.23. The van der Waals surface area contributed by atoms with E-state index in [9.17, 15) is 9.59 Å². The Kier molecular flexibility index (Phi) is 3.54. The Morgan fingerprint density at radius 2 is 2.24 bits per heavy atom. The number of thiazole rings is 1. The van der Waals surface area contributed by atoms with Crippen molar-refractivity contribution in [2.45, 2.75) is 18.2 Å². The molecule has 29 heavy (non-hydrogen) atoms. The molecule has 6 rings (SSSR count). The predicted octanol–water partition coefficient (Wildman–Crippen LogP) is 1.79. The van der Waals surface area contributed by atoms with E-state index >= 15 is 0 Å². The molecule has 148 valence electrons. The van der Waals surface area contributed by atoms with Crippen molar-refractivity contribution < 1.29 is 23.8 Å². The van der Waals surface area contributed by atoms with E-state index in [4.69, 9.17) is 14.2 Å². The second kappa shape index (κ2) is 6.04. The van der Waals surface area contributed by atoms with Crippen LogP contribution in [0.15, 0.2) is 41.9 Å². The average molecular weight is 411 g/mol. The molecular weight excluding hydrogens is 394 g/mol. The third-order valence-corrected chi connectivity index (χ3v) is 6.64. The molecule has 2 saturated heterocycles. The van der Waals surface area contributed by atoms with Crippen molar-refractivity contribution in [3.63, 3.8) is 0 Å². The summed E-state index contributed by atoms with van der Waals surface area (Å²) >= 11 is 1.35. The fourth-order valence-corrected chi connectivity index (χ4v) is 5.28. The minimum atomic E-state index is -0.733. The zero-order valence-electron chi connectivity index (χ0n) is 15.2. The number of hydrogen-bond donors (Lipinski definition) is 1. The molecule has 2 amide bonds. The van der Waals surface area contributed by atoms with Gasteiger partial charge in [0.05, 0.1) is 24.5 Å². The summed E-state index contributed by atoms with van der Waals surface area (Å²) < 4.78 is 16.9. The van der Waals surface area contributed by atoms with E-state index in [0.29, 0.717) is 29.7 Å². The monoisotopic (exact) mass is 411 g/mol. The molecule has 1 aromatic carbocycles. The van der Waals surface area contributed by atoms with Crippen LogP contribution in [0.25, 0.3) is 0 Å². The van der Waals surface area contributed by atoms with Crippen molar-refractivity contribution in [1.82, 2.24) is 9.88 Å². The molecule has 1 N–H and O–H groups in total. The van der Waals surface area contributed by atoms with Gasteiger partial charge in [0, 0.05) is 18.1 Å². The lowest BCUT2D eigenvalue weighted by Crippen LogP contribution is -2.41. The van der Waals surface area contributed by atoms with Crippen molar-refractivity contribution >= 4 is 28.3 Å². The van der Waals surface area contributed by atoms with Crippen LogP contribution >= 0.6 is 11.3 Å². The summed E-state index contributed by atoms with van der Waals surface area (Å²) in [5, 5.41) is 5.14. The molecule has 0 saturated carbocycles. The first-order chi connectivity index (χ1) is 14.1. The van der Waals surface area contributed by atoms with Crippen molar-refractivity contribution in [1.29, 1.82) is 0 Å². The first kappa shape index (κ1) is 17.0. The van der Waals surface area contributed by atoms with E-state index in [1.165, 1.54) is 11.3 Å². The molecule has 2 aromatic rings. The van der Waals surface area contributed by atoms with Crippen LogP contribution in [0, 0.1) is 11.8 Å². The van der Waals surface area contributed by atoms with Crippen molar-refractivity contribution in [3.05, 3.63) is 47.5 Å². The number of aromatic nitrogens is 1. The Labute approximate surface area is 170 Å². The molecule has 9 heteroatoms. The van der Waals surface area contributed by atoms with E-state index in [-0.39, 0.29) is 24.7 Å². The number of fused-ring (bicyclic) bond motifs is 2. The van der Waals surface area contributed by atoms with Crippen LogP contribution < -0.4 is 14.8 Å². The number of nitrogens with one attached hydrogen (secondary N) is 1. The van der Waals surface area contributed by atoms with E-state index < -0.39 is 17.4 Å². The first-order valence-corrected chi connectivity index (χ1v) is 10.3. The minimum Gasteiger partial charge on any atom is -0.454 e. The summed E-state index contributed by atoms with van der Waals surface area (Å²) in [5.41, 5.74) is 0.212. The van der Waals surface area contributed by atoms with Gasteiger partial charge in [0.15, 0.2) is 16.6 Å². The third-order valence-electron chi connectivity index (χ3n) is 5.95. The third kappa shape index (κ3) is 2.50. The number of carbonyl (C=O) groups is 2. The van der Waals surface area contributed by atoms with Gasteiger partial charge in [-0.05, 0) is 17.7 Å². The molecule has 4 aliphatic heterocycles. The number of anilines is 1. The van der Waals surface area contributed by atoms with Crippen molar-refractivity contribution in [3.8, 4) is 11.5 Å². The zero-order chi connectivity index (χ0) is 19.6. The normalized spacial score (nSPS) is 30.8.